The number of thiazole rings is 1. The third kappa shape index (κ3) is 2.96. The van der Waals surface area contributed by atoms with E-state index in [1.807, 2.05) is 23.1 Å². The van der Waals surface area contributed by atoms with Gasteiger partial charge >= 0.3 is 0 Å². The van der Waals surface area contributed by atoms with Crippen LogP contribution in [0.5, 0.6) is 0 Å². The Kier molecular flexibility index (Phi) is 4.03. The van der Waals surface area contributed by atoms with Crippen LogP contribution in [0.15, 0.2) is 33.6 Å². The molecular weight excluding hydrogens is 328 g/mol. The van der Waals surface area contributed by atoms with Crippen molar-refractivity contribution in [3.63, 3.8) is 0 Å². The quantitative estimate of drug-likeness (QED) is 0.859. The van der Waals surface area contributed by atoms with Crippen molar-refractivity contribution in [2.75, 3.05) is 6.54 Å². The van der Waals surface area contributed by atoms with Crippen molar-refractivity contribution in [2.24, 2.45) is 0 Å². The summed E-state index contributed by atoms with van der Waals surface area (Å²) >= 11 is 7.20. The molecule has 0 atom stereocenters. The van der Waals surface area contributed by atoms with Gasteiger partial charge in [-0.2, -0.15) is 0 Å². The highest BCUT2D eigenvalue weighted by molar-refractivity contribution is 9.10. The van der Waals surface area contributed by atoms with Crippen molar-refractivity contribution in [2.45, 2.75) is 23.6 Å². The zero-order valence-electron chi connectivity index (χ0n) is 9.78. The number of halogens is 1. The topological polar surface area (TPSA) is 24.9 Å². The molecular formula is C13H13BrN2S2. The van der Waals surface area contributed by atoms with Gasteiger partial charge in [0.1, 0.15) is 5.01 Å². The summed E-state index contributed by atoms with van der Waals surface area (Å²) in [5.74, 6) is 0.966. The average molecular weight is 341 g/mol. The van der Waals surface area contributed by atoms with Crippen molar-refractivity contribution < 1.29 is 0 Å². The molecule has 94 valence electrons. The number of hydrogen-bond acceptors (Lipinski definition) is 4. The average Bonchev–Trinajstić information content (AvgIpc) is 2.79. The van der Waals surface area contributed by atoms with Crippen LogP contribution >= 0.6 is 39.0 Å². The predicted molar refractivity (Wildman–Crippen MR) is 81.2 cm³/mol. The summed E-state index contributed by atoms with van der Waals surface area (Å²) in [7, 11) is 0. The van der Waals surface area contributed by atoms with Crippen LogP contribution in [0.2, 0.25) is 0 Å². The van der Waals surface area contributed by atoms with Gasteiger partial charge < -0.3 is 5.32 Å². The molecule has 0 unspecified atom stereocenters. The molecule has 0 spiro atoms. The molecule has 0 aliphatic carbocycles. The summed E-state index contributed by atoms with van der Waals surface area (Å²) in [4.78, 5) is 7.44. The zero-order valence-corrected chi connectivity index (χ0v) is 13.0. The fourth-order valence-corrected chi connectivity index (χ4v) is 4.53. The first kappa shape index (κ1) is 12.7. The highest BCUT2D eigenvalue weighted by Gasteiger charge is 2.14. The van der Waals surface area contributed by atoms with Crippen LogP contribution in [-0.2, 0) is 18.7 Å². The molecule has 1 N–H and O–H groups in total. The van der Waals surface area contributed by atoms with Gasteiger partial charge in [0, 0.05) is 33.8 Å². The van der Waals surface area contributed by atoms with Gasteiger partial charge in [0.25, 0.3) is 0 Å². The molecule has 3 rings (SSSR count). The van der Waals surface area contributed by atoms with Gasteiger partial charge in [-0.25, -0.2) is 4.98 Å². The third-order valence-corrected chi connectivity index (χ3v) is 5.58. The monoisotopic (exact) mass is 340 g/mol. The summed E-state index contributed by atoms with van der Waals surface area (Å²) in [5.41, 5.74) is 1.31. The molecule has 0 radical (unpaired) electrons. The van der Waals surface area contributed by atoms with Crippen LogP contribution in [0.4, 0.5) is 0 Å². The number of nitrogens with one attached hydrogen (secondary N) is 1. The molecule has 1 aromatic heterocycles. The maximum Gasteiger partial charge on any atom is 0.103 e. The second-order valence-corrected chi connectivity index (χ2v) is 7.28. The largest absolute Gasteiger partial charge is 0.311 e. The number of rotatable bonds is 3. The molecule has 5 heteroatoms. The second kappa shape index (κ2) is 5.74. The van der Waals surface area contributed by atoms with Gasteiger partial charge in [0.15, 0.2) is 0 Å². The Morgan fingerprint density at radius 1 is 1.44 bits per heavy atom. The Morgan fingerprint density at radius 2 is 2.39 bits per heavy atom. The molecule has 0 fully saturated rings. The van der Waals surface area contributed by atoms with Crippen molar-refractivity contribution >= 4 is 39.0 Å². The first-order chi connectivity index (χ1) is 8.81. The lowest BCUT2D eigenvalue weighted by atomic mass is 10.2. The van der Waals surface area contributed by atoms with E-state index < -0.39 is 0 Å². The SMILES string of the molecule is Brc1cccc(SCc2nc3c(s2)CNCC3)c1. The second-order valence-electron chi connectivity index (χ2n) is 4.15. The number of fused-ring (bicyclic) bond motifs is 1. The fourth-order valence-electron chi connectivity index (χ4n) is 1.94. The lowest BCUT2D eigenvalue weighted by Crippen LogP contribution is -2.22. The van der Waals surface area contributed by atoms with Crippen molar-refractivity contribution in [3.8, 4) is 0 Å². The Bertz CT molecular complexity index is 530. The summed E-state index contributed by atoms with van der Waals surface area (Å²) in [6, 6.07) is 8.42. The standard InChI is InChI=1S/C13H13BrN2S2/c14-9-2-1-3-10(6-9)17-8-13-16-11-4-5-15-7-12(11)18-13/h1-3,6,15H,4-5,7-8H2. The molecule has 0 saturated heterocycles. The smallest absolute Gasteiger partial charge is 0.103 e. The van der Waals surface area contributed by atoms with Crippen LogP contribution in [0.1, 0.15) is 15.6 Å². The maximum atomic E-state index is 4.73. The molecule has 18 heavy (non-hydrogen) atoms. The van der Waals surface area contributed by atoms with Crippen LogP contribution in [0, 0.1) is 0 Å². The molecule has 1 aliphatic rings. The van der Waals surface area contributed by atoms with Gasteiger partial charge in [-0.1, -0.05) is 22.0 Å². The highest BCUT2D eigenvalue weighted by Crippen LogP contribution is 2.29. The molecule has 2 nitrogen and oxygen atoms in total. The lowest BCUT2D eigenvalue weighted by molar-refractivity contribution is 0.643. The Labute approximate surface area is 123 Å². The Hall–Kier alpha value is -0.360. The maximum absolute atomic E-state index is 4.73. The molecule has 1 aromatic carbocycles. The van der Waals surface area contributed by atoms with E-state index in [9.17, 15) is 0 Å². The molecule has 1 aliphatic heterocycles. The van der Waals surface area contributed by atoms with Gasteiger partial charge in [0.2, 0.25) is 0 Å². The van der Waals surface area contributed by atoms with Gasteiger partial charge in [-0.3, -0.25) is 0 Å². The lowest BCUT2D eigenvalue weighted by Gasteiger charge is -2.09. The summed E-state index contributed by atoms with van der Waals surface area (Å²) < 4.78 is 1.13. The van der Waals surface area contributed by atoms with E-state index in [0.717, 1.165) is 29.7 Å². The van der Waals surface area contributed by atoms with Crippen molar-refractivity contribution in [1.29, 1.82) is 0 Å². The van der Waals surface area contributed by atoms with Crippen LogP contribution in [-0.4, -0.2) is 11.5 Å². The number of nitrogens with zero attached hydrogens (tertiary/aromatic N) is 1. The van der Waals surface area contributed by atoms with E-state index in [0.29, 0.717) is 0 Å². The molecule has 0 saturated carbocycles. The minimum absolute atomic E-state index is 0.966. The first-order valence-corrected chi connectivity index (χ1v) is 8.47. The van der Waals surface area contributed by atoms with Gasteiger partial charge in [-0.15, -0.1) is 23.1 Å². The van der Waals surface area contributed by atoms with Gasteiger partial charge in [-0.05, 0) is 18.2 Å². The van der Waals surface area contributed by atoms with Crippen molar-refractivity contribution in [3.05, 3.63) is 44.3 Å². The highest BCUT2D eigenvalue weighted by atomic mass is 79.9. The van der Waals surface area contributed by atoms with E-state index >= 15 is 0 Å². The first-order valence-electron chi connectivity index (χ1n) is 5.88. The van der Waals surface area contributed by atoms with E-state index in [4.69, 9.17) is 4.98 Å². The fraction of sp³-hybridized carbons (Fsp3) is 0.308. The molecule has 2 aromatic rings. The number of hydrogen-bond donors (Lipinski definition) is 1. The van der Waals surface area contributed by atoms with Crippen LogP contribution in [0.3, 0.4) is 0 Å². The number of benzene rings is 1. The number of thioether (sulfide) groups is 1. The third-order valence-electron chi connectivity index (χ3n) is 2.81. The Morgan fingerprint density at radius 3 is 3.22 bits per heavy atom. The zero-order chi connectivity index (χ0) is 12.4. The molecule has 2 heterocycles. The van der Waals surface area contributed by atoms with E-state index in [1.165, 1.54) is 20.5 Å². The van der Waals surface area contributed by atoms with Crippen LogP contribution < -0.4 is 5.32 Å². The molecule has 0 bridgehead atoms. The minimum Gasteiger partial charge on any atom is -0.311 e. The van der Waals surface area contributed by atoms with Gasteiger partial charge in [0.05, 0.1) is 11.4 Å². The van der Waals surface area contributed by atoms with Crippen molar-refractivity contribution in [1.82, 2.24) is 10.3 Å². The van der Waals surface area contributed by atoms with E-state index in [-0.39, 0.29) is 0 Å². The Balaban J connectivity index is 1.68. The summed E-state index contributed by atoms with van der Waals surface area (Å²) in [6.45, 7) is 2.06. The summed E-state index contributed by atoms with van der Waals surface area (Å²) in [5, 5.41) is 4.64. The predicted octanol–water partition coefficient (Wildman–Crippen LogP) is 3.84. The number of aromatic nitrogens is 1. The molecule has 0 amide bonds. The summed E-state index contributed by atoms with van der Waals surface area (Å²) in [6.07, 6.45) is 1.08. The van der Waals surface area contributed by atoms with Crippen LogP contribution in [0.25, 0.3) is 0 Å². The van der Waals surface area contributed by atoms with E-state index in [2.05, 4.69) is 45.5 Å². The minimum atomic E-state index is 0.966. The normalized spacial score (nSPS) is 14.5. The van der Waals surface area contributed by atoms with E-state index in [1.54, 1.807) is 0 Å².